The highest BCUT2D eigenvalue weighted by molar-refractivity contribution is 5.95. The van der Waals surface area contributed by atoms with Gasteiger partial charge in [-0.25, -0.2) is 4.79 Å². The lowest BCUT2D eigenvalue weighted by molar-refractivity contribution is -0.142. The summed E-state index contributed by atoms with van der Waals surface area (Å²) in [4.78, 5) is 56.6. The molecule has 0 radical (unpaired) electrons. The molecule has 4 atom stereocenters. The first kappa shape index (κ1) is 35.2. The Bertz CT molecular complexity index is 1930. The van der Waals surface area contributed by atoms with Crippen LogP contribution in [0.15, 0.2) is 109 Å². The van der Waals surface area contributed by atoms with Gasteiger partial charge in [-0.3, -0.25) is 14.4 Å². The monoisotopic (exact) mass is 677 g/mol. The molecule has 0 spiro atoms. The number of aliphatic carboxylic acids is 1. The van der Waals surface area contributed by atoms with Gasteiger partial charge >= 0.3 is 5.97 Å². The van der Waals surface area contributed by atoms with E-state index >= 15 is 0 Å². The topological polar surface area (TPSA) is 207 Å². The van der Waals surface area contributed by atoms with E-state index in [1.54, 1.807) is 54.7 Å². The molecule has 0 aliphatic heterocycles. The Morgan fingerprint density at radius 1 is 0.580 bits per heavy atom. The van der Waals surface area contributed by atoms with E-state index in [0.717, 1.165) is 16.5 Å². The van der Waals surface area contributed by atoms with Crippen LogP contribution >= 0.6 is 0 Å². The zero-order valence-corrected chi connectivity index (χ0v) is 27.1. The summed E-state index contributed by atoms with van der Waals surface area (Å²) in [5.74, 6) is -3.17. The number of carboxylic acid groups (broad SMARTS) is 1. The quantitative estimate of drug-likeness (QED) is 0.0825. The van der Waals surface area contributed by atoms with Gasteiger partial charge < -0.3 is 42.0 Å². The average molecular weight is 678 g/mol. The number of nitrogens with two attached hydrogens (primary N) is 1. The predicted octanol–water partition coefficient (Wildman–Crippen LogP) is 2.72. The molecular weight excluding hydrogens is 638 g/mol. The van der Waals surface area contributed by atoms with Gasteiger partial charge in [0.05, 0.1) is 6.04 Å². The number of phenolic OH excluding ortho intramolecular Hbond substituents is 2. The Balaban J connectivity index is 1.38. The molecule has 0 aliphatic carbocycles. The number of carbonyl (C=O) groups excluding carboxylic acids is 3. The van der Waals surface area contributed by atoms with E-state index < -0.39 is 47.9 Å². The smallest absolute Gasteiger partial charge is 0.326 e. The van der Waals surface area contributed by atoms with Gasteiger partial charge in [0.25, 0.3) is 0 Å². The zero-order chi connectivity index (χ0) is 35.6. The third-order valence-electron chi connectivity index (χ3n) is 8.37. The van der Waals surface area contributed by atoms with Crippen molar-refractivity contribution in [2.45, 2.75) is 49.9 Å². The van der Waals surface area contributed by atoms with E-state index in [-0.39, 0.29) is 37.2 Å². The van der Waals surface area contributed by atoms with Crippen LogP contribution in [0, 0.1) is 0 Å². The summed E-state index contributed by atoms with van der Waals surface area (Å²) in [5, 5.41) is 38.1. The summed E-state index contributed by atoms with van der Waals surface area (Å²) in [5.41, 5.74) is 9.80. The summed E-state index contributed by atoms with van der Waals surface area (Å²) in [6, 6.07) is 24.0. The molecule has 3 amide bonds. The van der Waals surface area contributed by atoms with Crippen LogP contribution in [0.3, 0.4) is 0 Å². The molecule has 50 heavy (non-hydrogen) atoms. The van der Waals surface area contributed by atoms with Crippen molar-refractivity contribution in [2.75, 3.05) is 0 Å². The van der Waals surface area contributed by atoms with Gasteiger partial charge in [0.15, 0.2) is 0 Å². The number of aromatic hydroxyl groups is 2. The Kier molecular flexibility index (Phi) is 11.5. The molecule has 4 aromatic carbocycles. The molecule has 0 saturated carbocycles. The first-order valence-corrected chi connectivity index (χ1v) is 16.1. The lowest BCUT2D eigenvalue weighted by Crippen LogP contribution is -2.58. The van der Waals surface area contributed by atoms with E-state index in [4.69, 9.17) is 5.73 Å². The van der Waals surface area contributed by atoms with E-state index in [1.165, 1.54) is 24.3 Å². The number of aromatic nitrogens is 1. The summed E-state index contributed by atoms with van der Waals surface area (Å²) in [6.45, 7) is 0. The minimum absolute atomic E-state index is 0.0134. The molecule has 0 bridgehead atoms. The molecule has 0 fully saturated rings. The van der Waals surface area contributed by atoms with Crippen molar-refractivity contribution in [1.82, 2.24) is 20.9 Å². The van der Waals surface area contributed by atoms with Crippen molar-refractivity contribution in [2.24, 2.45) is 5.73 Å². The largest absolute Gasteiger partial charge is 0.508 e. The molecule has 258 valence electrons. The fourth-order valence-corrected chi connectivity index (χ4v) is 5.66. The summed E-state index contributed by atoms with van der Waals surface area (Å²) in [6.07, 6.45) is 1.91. The van der Waals surface area contributed by atoms with Crippen LogP contribution in [0.1, 0.15) is 22.3 Å². The highest BCUT2D eigenvalue weighted by Gasteiger charge is 2.31. The van der Waals surface area contributed by atoms with E-state index in [2.05, 4.69) is 20.9 Å². The van der Waals surface area contributed by atoms with Crippen molar-refractivity contribution in [3.8, 4) is 11.5 Å². The molecular formula is C38H39N5O7. The zero-order valence-electron chi connectivity index (χ0n) is 27.1. The number of carboxylic acids is 1. The number of nitrogens with one attached hydrogen (secondary N) is 4. The SMILES string of the molecule is NC(Cc1ccc(O)cc1)C(=O)NC(Cc1ccccc1)C(=O)NC(Cc1c[nH]c2ccccc12)C(=O)NC(Cc1ccc(O)cc1)C(=O)O. The molecule has 5 rings (SSSR count). The van der Waals surface area contributed by atoms with Gasteiger partial charge in [-0.15, -0.1) is 0 Å². The number of benzene rings is 4. The Morgan fingerprint density at radius 2 is 1.06 bits per heavy atom. The number of hydrogen-bond donors (Lipinski definition) is 8. The van der Waals surface area contributed by atoms with Gasteiger partial charge in [-0.2, -0.15) is 0 Å². The second kappa shape index (κ2) is 16.3. The number of amides is 3. The summed E-state index contributed by atoms with van der Waals surface area (Å²) < 4.78 is 0. The van der Waals surface area contributed by atoms with Crippen molar-refractivity contribution in [3.05, 3.63) is 132 Å². The van der Waals surface area contributed by atoms with E-state index in [9.17, 15) is 34.5 Å². The van der Waals surface area contributed by atoms with Crippen molar-refractivity contribution < 1.29 is 34.5 Å². The maximum absolute atomic E-state index is 14.0. The minimum atomic E-state index is -1.34. The number of H-pyrrole nitrogens is 1. The number of para-hydroxylation sites is 1. The summed E-state index contributed by atoms with van der Waals surface area (Å²) >= 11 is 0. The highest BCUT2D eigenvalue weighted by atomic mass is 16.4. The average Bonchev–Trinajstić information content (AvgIpc) is 3.52. The number of rotatable bonds is 15. The number of fused-ring (bicyclic) bond motifs is 1. The van der Waals surface area contributed by atoms with Crippen LogP contribution in [0.25, 0.3) is 10.9 Å². The van der Waals surface area contributed by atoms with Crippen molar-refractivity contribution in [1.29, 1.82) is 0 Å². The Hall–Kier alpha value is -6.14. The normalized spacial score (nSPS) is 13.5. The molecule has 12 heteroatoms. The molecule has 5 aromatic rings. The van der Waals surface area contributed by atoms with Crippen LogP contribution in [0.4, 0.5) is 0 Å². The third kappa shape index (κ3) is 9.48. The van der Waals surface area contributed by atoms with Crippen molar-refractivity contribution in [3.63, 3.8) is 0 Å². The van der Waals surface area contributed by atoms with Gasteiger partial charge in [0.2, 0.25) is 17.7 Å². The molecule has 1 aromatic heterocycles. The standard InChI is InChI=1S/C38H39N5O7/c39-30(18-24-10-14-27(44)15-11-24)35(46)41-32(19-23-6-2-1-3-7-23)36(47)42-33(21-26-22-40-31-9-5-4-8-29(26)31)37(48)43-34(38(49)50)20-25-12-16-28(45)17-13-25/h1-17,22,30,32-34,40,44-45H,18-21,39H2,(H,41,46)(H,42,47)(H,43,48)(H,49,50). The fourth-order valence-electron chi connectivity index (χ4n) is 5.66. The molecule has 0 aliphatic rings. The number of aromatic amines is 1. The van der Waals surface area contributed by atoms with Gasteiger partial charge in [0, 0.05) is 36.4 Å². The van der Waals surface area contributed by atoms with Crippen LogP contribution in [-0.2, 0) is 44.9 Å². The minimum Gasteiger partial charge on any atom is -0.508 e. The van der Waals surface area contributed by atoms with Gasteiger partial charge in [0.1, 0.15) is 29.6 Å². The second-order valence-electron chi connectivity index (χ2n) is 12.1. The fraction of sp³-hybridized carbons (Fsp3) is 0.211. The lowest BCUT2D eigenvalue weighted by atomic mass is 10.0. The Labute approximate surface area is 288 Å². The van der Waals surface area contributed by atoms with E-state index in [1.807, 2.05) is 30.3 Å². The van der Waals surface area contributed by atoms with Crippen LogP contribution in [0.5, 0.6) is 11.5 Å². The first-order valence-electron chi connectivity index (χ1n) is 16.1. The Morgan fingerprint density at radius 3 is 1.68 bits per heavy atom. The maximum Gasteiger partial charge on any atom is 0.326 e. The van der Waals surface area contributed by atoms with Crippen LogP contribution < -0.4 is 21.7 Å². The summed E-state index contributed by atoms with van der Waals surface area (Å²) in [7, 11) is 0. The number of carbonyl (C=O) groups is 4. The predicted molar refractivity (Wildman–Crippen MR) is 187 cm³/mol. The number of hydrogen-bond acceptors (Lipinski definition) is 7. The van der Waals surface area contributed by atoms with E-state index in [0.29, 0.717) is 16.7 Å². The van der Waals surface area contributed by atoms with Crippen molar-refractivity contribution >= 4 is 34.6 Å². The van der Waals surface area contributed by atoms with Crippen LogP contribution in [0.2, 0.25) is 0 Å². The second-order valence-corrected chi connectivity index (χ2v) is 12.1. The molecule has 12 nitrogen and oxygen atoms in total. The first-order chi connectivity index (χ1) is 24.0. The molecule has 1 heterocycles. The van der Waals surface area contributed by atoms with Gasteiger partial charge in [-0.05, 0) is 59.0 Å². The van der Waals surface area contributed by atoms with Gasteiger partial charge in [-0.1, -0.05) is 72.8 Å². The maximum atomic E-state index is 14.0. The molecule has 9 N–H and O–H groups in total. The molecule has 4 unspecified atom stereocenters. The third-order valence-corrected chi connectivity index (χ3v) is 8.37. The van der Waals surface area contributed by atoms with Crippen LogP contribution in [-0.4, -0.2) is 68.2 Å². The number of phenols is 2. The highest BCUT2D eigenvalue weighted by Crippen LogP contribution is 2.20. The molecule has 0 saturated heterocycles. The lowest BCUT2D eigenvalue weighted by Gasteiger charge is -2.25.